The minimum atomic E-state index is -0.0731. The summed E-state index contributed by atoms with van der Waals surface area (Å²) in [5, 5.41) is 0.669. The Morgan fingerprint density at radius 2 is 1.82 bits per heavy atom. The first kappa shape index (κ1) is 17.3. The lowest BCUT2D eigenvalue weighted by Crippen LogP contribution is -2.19. The summed E-state index contributed by atoms with van der Waals surface area (Å²) in [5.41, 5.74) is 4.29. The zero-order valence-corrected chi connectivity index (χ0v) is 16.0. The maximum Gasteiger partial charge on any atom is 0.166 e. The third-order valence-corrected chi connectivity index (χ3v) is 5.29. The summed E-state index contributed by atoms with van der Waals surface area (Å²) in [4.78, 5) is 14.1. The number of fused-ring (bicyclic) bond motifs is 1. The Morgan fingerprint density at radius 1 is 0.964 bits per heavy atom. The van der Waals surface area contributed by atoms with Crippen molar-refractivity contribution < 1.29 is 4.74 Å². The van der Waals surface area contributed by atoms with E-state index in [2.05, 4.69) is 26.7 Å². The van der Waals surface area contributed by atoms with E-state index < -0.39 is 0 Å². The van der Waals surface area contributed by atoms with Crippen LogP contribution in [0.15, 0.2) is 60.9 Å². The van der Waals surface area contributed by atoms with Crippen LogP contribution in [0.5, 0.6) is 0 Å². The van der Waals surface area contributed by atoms with Crippen LogP contribution >= 0.6 is 11.6 Å². The molecule has 0 bridgehead atoms. The first-order valence-electron chi connectivity index (χ1n) is 9.47. The van der Waals surface area contributed by atoms with Crippen LogP contribution in [-0.2, 0) is 4.74 Å². The Balaban J connectivity index is 1.77. The van der Waals surface area contributed by atoms with Gasteiger partial charge in [0.25, 0.3) is 0 Å². The molecule has 3 heterocycles. The van der Waals surface area contributed by atoms with E-state index in [0.29, 0.717) is 5.02 Å². The van der Waals surface area contributed by atoms with Crippen LogP contribution in [-0.4, -0.2) is 26.1 Å². The maximum absolute atomic E-state index is 6.21. The van der Waals surface area contributed by atoms with E-state index in [1.807, 2.05) is 42.5 Å². The Bertz CT molecular complexity index is 1120. The predicted molar refractivity (Wildman–Crippen MR) is 110 cm³/mol. The van der Waals surface area contributed by atoms with Crippen molar-refractivity contribution >= 4 is 22.8 Å². The van der Waals surface area contributed by atoms with E-state index in [1.54, 1.807) is 6.33 Å². The molecule has 1 atom stereocenters. The molecule has 0 N–H and O–H groups in total. The fourth-order valence-corrected chi connectivity index (χ4v) is 3.94. The molecule has 5 rings (SSSR count). The van der Waals surface area contributed by atoms with E-state index in [0.717, 1.165) is 59.7 Å². The van der Waals surface area contributed by atoms with E-state index in [1.165, 1.54) is 0 Å². The molecule has 1 saturated heterocycles. The Labute approximate surface area is 168 Å². The standard InChI is InChI=1S/C22H19ClN4O/c23-17-10-6-9-16(13-17)19-20-22(25-14-24-19)27(18-11-4-5-12-28-18)21(26-20)15-7-2-1-3-8-15/h1-3,6-10,13-14,18H,4-5,11-12H2. The summed E-state index contributed by atoms with van der Waals surface area (Å²) in [7, 11) is 0. The molecular formula is C22H19ClN4O. The van der Waals surface area contributed by atoms with E-state index in [4.69, 9.17) is 21.3 Å². The minimum Gasteiger partial charge on any atom is -0.358 e. The van der Waals surface area contributed by atoms with Gasteiger partial charge in [-0.2, -0.15) is 0 Å². The van der Waals surface area contributed by atoms with Gasteiger partial charge in [-0.05, 0) is 31.4 Å². The van der Waals surface area contributed by atoms with Crippen LogP contribution in [0.25, 0.3) is 33.8 Å². The van der Waals surface area contributed by atoms with Gasteiger partial charge in [-0.3, -0.25) is 4.57 Å². The van der Waals surface area contributed by atoms with Crippen molar-refractivity contribution in [1.82, 2.24) is 19.5 Å². The van der Waals surface area contributed by atoms with Gasteiger partial charge >= 0.3 is 0 Å². The first-order chi connectivity index (χ1) is 13.8. The van der Waals surface area contributed by atoms with Crippen molar-refractivity contribution in [1.29, 1.82) is 0 Å². The van der Waals surface area contributed by atoms with Crippen LogP contribution in [0.3, 0.4) is 0 Å². The van der Waals surface area contributed by atoms with Crippen molar-refractivity contribution in [2.75, 3.05) is 6.61 Å². The van der Waals surface area contributed by atoms with Gasteiger partial charge in [0.1, 0.15) is 29.6 Å². The normalized spacial score (nSPS) is 17.1. The molecule has 0 saturated carbocycles. The number of halogens is 1. The summed E-state index contributed by atoms with van der Waals surface area (Å²) in [5.74, 6) is 0.853. The van der Waals surface area contributed by atoms with Crippen LogP contribution in [0.1, 0.15) is 25.5 Å². The van der Waals surface area contributed by atoms with Gasteiger partial charge in [-0.15, -0.1) is 0 Å². The molecule has 1 aliphatic heterocycles. The molecule has 0 amide bonds. The maximum atomic E-state index is 6.21. The van der Waals surface area contributed by atoms with Gasteiger partial charge in [0, 0.05) is 22.8 Å². The summed E-state index contributed by atoms with van der Waals surface area (Å²) < 4.78 is 8.22. The molecule has 5 nitrogen and oxygen atoms in total. The number of ether oxygens (including phenoxy) is 1. The van der Waals surface area contributed by atoms with Gasteiger partial charge in [-0.25, -0.2) is 15.0 Å². The highest BCUT2D eigenvalue weighted by Crippen LogP contribution is 2.35. The molecule has 4 aromatic rings. The van der Waals surface area contributed by atoms with Crippen LogP contribution in [0.4, 0.5) is 0 Å². The molecule has 0 radical (unpaired) electrons. The van der Waals surface area contributed by atoms with Gasteiger partial charge in [0.05, 0.1) is 0 Å². The summed E-state index contributed by atoms with van der Waals surface area (Å²) in [6, 6.07) is 17.8. The van der Waals surface area contributed by atoms with E-state index in [9.17, 15) is 0 Å². The highest BCUT2D eigenvalue weighted by atomic mass is 35.5. The predicted octanol–water partition coefficient (Wildman–Crippen LogP) is 5.51. The van der Waals surface area contributed by atoms with Gasteiger partial charge in [-0.1, -0.05) is 54.1 Å². The van der Waals surface area contributed by atoms with Crippen molar-refractivity contribution in [2.24, 2.45) is 0 Å². The largest absolute Gasteiger partial charge is 0.358 e. The van der Waals surface area contributed by atoms with Crippen molar-refractivity contribution in [3.63, 3.8) is 0 Å². The number of aromatic nitrogens is 4. The second kappa shape index (κ2) is 7.34. The van der Waals surface area contributed by atoms with Crippen molar-refractivity contribution in [2.45, 2.75) is 25.5 Å². The summed E-state index contributed by atoms with van der Waals surface area (Å²) in [6.07, 6.45) is 4.68. The zero-order chi connectivity index (χ0) is 18.9. The highest BCUT2D eigenvalue weighted by Gasteiger charge is 2.25. The summed E-state index contributed by atoms with van der Waals surface area (Å²) >= 11 is 6.21. The smallest absolute Gasteiger partial charge is 0.166 e. The van der Waals surface area contributed by atoms with Gasteiger partial charge in [0.2, 0.25) is 0 Å². The molecule has 0 aliphatic carbocycles. The molecule has 2 aromatic heterocycles. The minimum absolute atomic E-state index is 0.0731. The number of imidazole rings is 1. The third kappa shape index (κ3) is 3.07. The van der Waals surface area contributed by atoms with Crippen LogP contribution in [0, 0.1) is 0 Å². The number of benzene rings is 2. The monoisotopic (exact) mass is 390 g/mol. The lowest BCUT2D eigenvalue weighted by Gasteiger charge is -2.25. The fraction of sp³-hybridized carbons (Fsp3) is 0.227. The molecule has 1 unspecified atom stereocenters. The molecule has 28 heavy (non-hydrogen) atoms. The zero-order valence-electron chi connectivity index (χ0n) is 15.3. The molecule has 1 fully saturated rings. The average Bonchev–Trinajstić information content (AvgIpc) is 3.15. The number of rotatable bonds is 3. The Kier molecular flexibility index (Phi) is 4.55. The topological polar surface area (TPSA) is 52.8 Å². The van der Waals surface area contributed by atoms with Crippen molar-refractivity contribution in [3.05, 3.63) is 65.9 Å². The Hall–Kier alpha value is -2.76. The third-order valence-electron chi connectivity index (χ3n) is 5.05. The number of hydrogen-bond donors (Lipinski definition) is 0. The SMILES string of the molecule is Clc1cccc(-c2ncnc3c2nc(-c2ccccc2)n3C2CCCCO2)c1. The van der Waals surface area contributed by atoms with E-state index in [-0.39, 0.29) is 6.23 Å². The molecule has 2 aromatic carbocycles. The fourth-order valence-electron chi connectivity index (χ4n) is 3.75. The van der Waals surface area contributed by atoms with Gasteiger partial charge < -0.3 is 4.74 Å². The van der Waals surface area contributed by atoms with Crippen molar-refractivity contribution in [3.8, 4) is 22.6 Å². The molecular weight excluding hydrogens is 372 g/mol. The second-order valence-electron chi connectivity index (χ2n) is 6.90. The van der Waals surface area contributed by atoms with Crippen LogP contribution in [0.2, 0.25) is 5.02 Å². The lowest BCUT2D eigenvalue weighted by molar-refractivity contribution is -0.0287. The Morgan fingerprint density at radius 3 is 2.61 bits per heavy atom. The lowest BCUT2D eigenvalue weighted by atomic mass is 10.1. The van der Waals surface area contributed by atoms with Crippen LogP contribution < -0.4 is 0 Å². The molecule has 140 valence electrons. The number of nitrogens with zero attached hydrogens (tertiary/aromatic N) is 4. The van der Waals surface area contributed by atoms with E-state index >= 15 is 0 Å². The highest BCUT2D eigenvalue weighted by molar-refractivity contribution is 6.30. The summed E-state index contributed by atoms with van der Waals surface area (Å²) in [6.45, 7) is 0.755. The first-order valence-corrected chi connectivity index (χ1v) is 9.85. The second-order valence-corrected chi connectivity index (χ2v) is 7.33. The number of hydrogen-bond acceptors (Lipinski definition) is 4. The molecule has 0 spiro atoms. The molecule has 6 heteroatoms. The quantitative estimate of drug-likeness (QED) is 0.462. The van der Waals surface area contributed by atoms with Gasteiger partial charge in [0.15, 0.2) is 5.65 Å². The molecule has 1 aliphatic rings. The average molecular weight is 391 g/mol.